The van der Waals surface area contributed by atoms with Crippen molar-refractivity contribution in [3.63, 3.8) is 0 Å². The van der Waals surface area contributed by atoms with Gasteiger partial charge in [0.05, 0.1) is 6.54 Å². The van der Waals surface area contributed by atoms with E-state index in [4.69, 9.17) is 11.6 Å². The molecule has 184 valence electrons. The molecule has 1 atom stereocenters. The molecule has 0 saturated carbocycles. The van der Waals surface area contributed by atoms with Gasteiger partial charge in [0.25, 0.3) is 5.91 Å². The number of anilines is 1. The van der Waals surface area contributed by atoms with Gasteiger partial charge in [0, 0.05) is 59.8 Å². The second-order valence-electron chi connectivity index (χ2n) is 9.46. The Morgan fingerprint density at radius 2 is 1.81 bits per heavy atom. The smallest absolute Gasteiger partial charge is 0.251 e. The van der Waals surface area contributed by atoms with Gasteiger partial charge in [0.2, 0.25) is 5.91 Å². The molecule has 8 heteroatoms. The highest BCUT2D eigenvalue weighted by atomic mass is 35.5. The van der Waals surface area contributed by atoms with Crippen molar-refractivity contribution >= 4 is 39.9 Å². The summed E-state index contributed by atoms with van der Waals surface area (Å²) >= 11 is 6.09. The van der Waals surface area contributed by atoms with E-state index in [0.717, 1.165) is 34.5 Å². The second-order valence-corrected chi connectivity index (χ2v) is 9.89. The van der Waals surface area contributed by atoms with Crippen LogP contribution in [0.3, 0.4) is 0 Å². The zero-order valence-corrected chi connectivity index (χ0v) is 21.1. The van der Waals surface area contributed by atoms with Crippen LogP contribution in [0.5, 0.6) is 0 Å². The summed E-state index contributed by atoms with van der Waals surface area (Å²) in [6, 6.07) is 19.1. The maximum Gasteiger partial charge on any atom is 0.251 e. The van der Waals surface area contributed by atoms with Crippen molar-refractivity contribution in [2.75, 3.05) is 32.1 Å². The largest absolute Gasteiger partial charge is 0.352 e. The highest BCUT2D eigenvalue weighted by molar-refractivity contribution is 6.31. The molecule has 1 aromatic heterocycles. The first kappa shape index (κ1) is 24.0. The van der Waals surface area contributed by atoms with Crippen molar-refractivity contribution in [1.82, 2.24) is 19.8 Å². The molecule has 1 N–H and O–H groups in total. The number of carbonyl (C=O) groups excluding carboxylic acids is 2. The van der Waals surface area contributed by atoms with Gasteiger partial charge in [0.15, 0.2) is 0 Å². The number of nitrogens with zero attached hydrogens (tertiary/aromatic N) is 4. The first-order valence-corrected chi connectivity index (χ1v) is 12.3. The molecule has 1 aliphatic heterocycles. The van der Waals surface area contributed by atoms with Gasteiger partial charge in [-0.1, -0.05) is 23.7 Å². The van der Waals surface area contributed by atoms with E-state index in [2.05, 4.69) is 19.8 Å². The maximum absolute atomic E-state index is 12.8. The Balaban J connectivity index is 1.21. The van der Waals surface area contributed by atoms with Crippen molar-refractivity contribution in [2.24, 2.45) is 5.92 Å². The molecule has 0 bridgehead atoms. The molecule has 1 saturated heterocycles. The van der Waals surface area contributed by atoms with Crippen molar-refractivity contribution < 1.29 is 9.59 Å². The van der Waals surface area contributed by atoms with E-state index in [1.807, 2.05) is 81.0 Å². The van der Waals surface area contributed by atoms with Crippen LogP contribution >= 0.6 is 11.6 Å². The van der Waals surface area contributed by atoms with Crippen molar-refractivity contribution in [3.05, 3.63) is 89.5 Å². The van der Waals surface area contributed by atoms with E-state index in [-0.39, 0.29) is 17.7 Å². The fraction of sp³-hybridized carbons (Fsp3) is 0.250. The van der Waals surface area contributed by atoms with Crippen molar-refractivity contribution in [2.45, 2.75) is 13.0 Å². The lowest BCUT2D eigenvalue weighted by atomic mass is 10.1. The summed E-state index contributed by atoms with van der Waals surface area (Å²) in [6.45, 7) is 1.75. The minimum atomic E-state index is -0.152. The SMILES string of the molecule is CN(C)Cc1nccn1-c1ccc(N2CC(CNC(=O)c3ccc4ccc(Cl)cc4c3)CC2=O)cc1. The Hall–Kier alpha value is -3.68. The number of carbonyl (C=O) groups is 2. The number of fused-ring (bicyclic) bond motifs is 1. The molecule has 2 heterocycles. The third-order valence-electron chi connectivity index (χ3n) is 6.44. The Kier molecular flexibility index (Phi) is 6.76. The number of aromatic nitrogens is 2. The Labute approximate surface area is 215 Å². The number of nitrogens with one attached hydrogen (secondary N) is 1. The molecule has 7 nitrogen and oxygen atoms in total. The van der Waals surface area contributed by atoms with E-state index in [9.17, 15) is 9.59 Å². The van der Waals surface area contributed by atoms with Gasteiger partial charge in [-0.25, -0.2) is 4.98 Å². The summed E-state index contributed by atoms with van der Waals surface area (Å²) in [5, 5.41) is 5.58. The summed E-state index contributed by atoms with van der Waals surface area (Å²) in [6.07, 6.45) is 4.14. The van der Waals surface area contributed by atoms with E-state index in [1.165, 1.54) is 0 Å². The lowest BCUT2D eigenvalue weighted by molar-refractivity contribution is -0.117. The second kappa shape index (κ2) is 10.1. The fourth-order valence-corrected chi connectivity index (χ4v) is 4.81. The Morgan fingerprint density at radius 3 is 2.58 bits per heavy atom. The first-order chi connectivity index (χ1) is 17.4. The molecule has 2 amide bonds. The van der Waals surface area contributed by atoms with Gasteiger partial charge < -0.3 is 19.7 Å². The standard InChI is InChI=1S/C28H28ClN5O2/c1-32(2)18-26-30-11-12-33(26)24-7-9-25(10-8-24)34-17-19(13-27(34)35)16-31-28(36)21-4-3-20-5-6-23(29)15-22(20)14-21/h3-12,14-15,19H,13,16-18H2,1-2H3,(H,31,36). The summed E-state index contributed by atoms with van der Waals surface area (Å²) in [5.74, 6) is 0.922. The molecule has 0 radical (unpaired) electrons. The van der Waals surface area contributed by atoms with Gasteiger partial charge in [-0.15, -0.1) is 0 Å². The zero-order valence-electron chi connectivity index (χ0n) is 20.3. The quantitative estimate of drug-likeness (QED) is 0.404. The van der Waals surface area contributed by atoms with E-state index >= 15 is 0 Å². The minimum absolute atomic E-state index is 0.0522. The topological polar surface area (TPSA) is 70.5 Å². The van der Waals surface area contributed by atoms with Crippen molar-refractivity contribution in [3.8, 4) is 5.69 Å². The van der Waals surface area contributed by atoms with Crippen LogP contribution < -0.4 is 10.2 Å². The normalized spacial score (nSPS) is 15.7. The molecular formula is C28H28ClN5O2. The lowest BCUT2D eigenvalue weighted by Gasteiger charge is -2.18. The van der Waals surface area contributed by atoms with E-state index < -0.39 is 0 Å². The van der Waals surface area contributed by atoms with Crippen LogP contribution in [0, 0.1) is 5.92 Å². The number of hydrogen-bond acceptors (Lipinski definition) is 4. The fourth-order valence-electron chi connectivity index (χ4n) is 4.63. The number of hydrogen-bond donors (Lipinski definition) is 1. The van der Waals surface area contributed by atoms with Crippen LogP contribution in [0.2, 0.25) is 5.02 Å². The number of imidazole rings is 1. The molecular weight excluding hydrogens is 474 g/mol. The molecule has 0 spiro atoms. The van der Waals surface area contributed by atoms with Crippen LogP contribution in [0.1, 0.15) is 22.6 Å². The van der Waals surface area contributed by atoms with Gasteiger partial charge in [-0.3, -0.25) is 9.59 Å². The highest BCUT2D eigenvalue weighted by Crippen LogP contribution is 2.26. The third kappa shape index (κ3) is 5.12. The molecule has 3 aromatic carbocycles. The first-order valence-electron chi connectivity index (χ1n) is 11.9. The molecule has 1 unspecified atom stereocenters. The number of halogens is 1. The molecule has 4 aromatic rings. The molecule has 1 aliphatic rings. The van der Waals surface area contributed by atoms with Gasteiger partial charge in [-0.2, -0.15) is 0 Å². The molecule has 5 rings (SSSR count). The van der Waals surface area contributed by atoms with E-state index in [0.29, 0.717) is 30.1 Å². The van der Waals surface area contributed by atoms with Crippen LogP contribution in [0.4, 0.5) is 5.69 Å². The maximum atomic E-state index is 12.8. The van der Waals surface area contributed by atoms with Gasteiger partial charge in [-0.05, 0) is 73.4 Å². The van der Waals surface area contributed by atoms with Crippen LogP contribution in [-0.2, 0) is 11.3 Å². The lowest BCUT2D eigenvalue weighted by Crippen LogP contribution is -2.31. The average molecular weight is 502 g/mol. The third-order valence-corrected chi connectivity index (χ3v) is 6.67. The molecule has 36 heavy (non-hydrogen) atoms. The number of rotatable bonds is 7. The van der Waals surface area contributed by atoms with Gasteiger partial charge >= 0.3 is 0 Å². The summed E-state index contributed by atoms with van der Waals surface area (Å²) in [5.41, 5.74) is 2.44. The van der Waals surface area contributed by atoms with Crippen LogP contribution in [-0.4, -0.2) is 53.5 Å². The minimum Gasteiger partial charge on any atom is -0.352 e. The monoisotopic (exact) mass is 501 g/mol. The Bertz CT molecular complexity index is 1410. The summed E-state index contributed by atoms with van der Waals surface area (Å²) < 4.78 is 2.05. The number of benzene rings is 3. The Morgan fingerprint density at radius 1 is 1.06 bits per heavy atom. The number of amides is 2. The van der Waals surface area contributed by atoms with Crippen LogP contribution in [0.25, 0.3) is 16.5 Å². The average Bonchev–Trinajstić information content (AvgIpc) is 3.47. The highest BCUT2D eigenvalue weighted by Gasteiger charge is 2.30. The summed E-state index contributed by atoms with van der Waals surface area (Å²) in [4.78, 5) is 33.8. The zero-order chi connectivity index (χ0) is 25.2. The van der Waals surface area contributed by atoms with E-state index in [1.54, 1.807) is 11.1 Å². The van der Waals surface area contributed by atoms with Crippen LogP contribution in [0.15, 0.2) is 73.1 Å². The predicted octanol–water partition coefficient (Wildman–Crippen LogP) is 4.52. The van der Waals surface area contributed by atoms with Gasteiger partial charge in [0.1, 0.15) is 5.82 Å². The molecule has 1 fully saturated rings. The summed E-state index contributed by atoms with van der Waals surface area (Å²) in [7, 11) is 4.02. The predicted molar refractivity (Wildman–Crippen MR) is 143 cm³/mol. The van der Waals surface area contributed by atoms with Crippen molar-refractivity contribution in [1.29, 1.82) is 0 Å². The molecule has 0 aliphatic carbocycles.